The summed E-state index contributed by atoms with van der Waals surface area (Å²) in [6.07, 6.45) is 0. The van der Waals surface area contributed by atoms with E-state index < -0.39 is 0 Å². The Labute approximate surface area is 103 Å². The first-order chi connectivity index (χ1) is 6.43. The summed E-state index contributed by atoms with van der Waals surface area (Å²) in [5.74, 6) is 1.03. The first-order valence-corrected chi connectivity index (χ1v) is 5.79. The third kappa shape index (κ3) is 2.48. The van der Waals surface area contributed by atoms with Gasteiger partial charge in [0.1, 0.15) is 5.15 Å². The van der Waals surface area contributed by atoms with Crippen LogP contribution >= 0.6 is 34.2 Å². The topological polar surface area (TPSA) is 29.0 Å². The van der Waals surface area contributed by atoms with Crippen LogP contribution in [0.15, 0.2) is 0 Å². The normalized spacial score (nSPS) is 10.8. The molecule has 0 saturated heterocycles. The predicted molar refractivity (Wildman–Crippen MR) is 68.2 cm³/mol. The lowest BCUT2D eigenvalue weighted by atomic mass is 10.1. The molecule has 1 rings (SSSR count). The fourth-order valence-corrected chi connectivity index (χ4v) is 2.04. The Morgan fingerprint density at radius 1 is 1.29 bits per heavy atom. The van der Waals surface area contributed by atoms with Gasteiger partial charge in [0.25, 0.3) is 0 Å². The lowest BCUT2D eigenvalue weighted by Gasteiger charge is -2.15. The van der Waals surface area contributed by atoms with E-state index in [2.05, 4.69) is 46.4 Å². The summed E-state index contributed by atoms with van der Waals surface area (Å²) in [4.78, 5) is 10.5. The van der Waals surface area contributed by atoms with Gasteiger partial charge in [0, 0.05) is 14.1 Å². The van der Waals surface area contributed by atoms with Crippen molar-refractivity contribution in [1.82, 2.24) is 9.97 Å². The van der Waals surface area contributed by atoms with E-state index in [9.17, 15) is 0 Å². The monoisotopic (exact) mass is 325 g/mol. The lowest BCUT2D eigenvalue weighted by molar-refractivity contribution is 0.798. The molecule has 14 heavy (non-hydrogen) atoms. The van der Waals surface area contributed by atoms with Gasteiger partial charge < -0.3 is 4.90 Å². The minimum Gasteiger partial charge on any atom is -0.347 e. The van der Waals surface area contributed by atoms with Crippen LogP contribution in [0.2, 0.25) is 5.15 Å². The number of nitrogens with zero attached hydrogens (tertiary/aromatic N) is 3. The van der Waals surface area contributed by atoms with Crippen molar-refractivity contribution < 1.29 is 0 Å². The third-order valence-electron chi connectivity index (χ3n) is 1.77. The number of hydrogen-bond acceptors (Lipinski definition) is 3. The number of anilines is 1. The number of hydrogen-bond donors (Lipinski definition) is 0. The molecule has 0 amide bonds. The molecule has 0 bridgehead atoms. The molecule has 0 spiro atoms. The van der Waals surface area contributed by atoms with Crippen LogP contribution in [0, 0.1) is 3.57 Å². The van der Waals surface area contributed by atoms with Gasteiger partial charge in [-0.15, -0.1) is 0 Å². The highest BCUT2D eigenvalue weighted by molar-refractivity contribution is 14.1. The van der Waals surface area contributed by atoms with Crippen molar-refractivity contribution in [3.8, 4) is 0 Å². The minimum absolute atomic E-state index is 0.362. The van der Waals surface area contributed by atoms with Gasteiger partial charge in [-0.2, -0.15) is 4.98 Å². The molecule has 0 unspecified atom stereocenters. The maximum absolute atomic E-state index is 6.02. The average molecular weight is 326 g/mol. The SMILES string of the molecule is CC(C)c1nc(N(C)C)nc(Cl)c1I. The second-order valence-corrected chi connectivity index (χ2v) is 5.00. The van der Waals surface area contributed by atoms with Crippen LogP contribution in [0.5, 0.6) is 0 Å². The fraction of sp³-hybridized carbons (Fsp3) is 0.556. The Bertz CT molecular complexity index is 339. The van der Waals surface area contributed by atoms with E-state index in [1.54, 1.807) is 0 Å². The highest BCUT2D eigenvalue weighted by Gasteiger charge is 2.14. The van der Waals surface area contributed by atoms with Gasteiger partial charge in [0.05, 0.1) is 9.26 Å². The maximum atomic E-state index is 6.02. The molecule has 0 radical (unpaired) electrons. The van der Waals surface area contributed by atoms with Crippen LogP contribution in [0.4, 0.5) is 5.95 Å². The average Bonchev–Trinajstić information content (AvgIpc) is 2.08. The lowest BCUT2D eigenvalue weighted by Crippen LogP contribution is -2.15. The van der Waals surface area contributed by atoms with E-state index in [0.717, 1.165) is 9.26 Å². The molecule has 3 nitrogen and oxygen atoms in total. The summed E-state index contributed by atoms with van der Waals surface area (Å²) >= 11 is 8.21. The highest BCUT2D eigenvalue weighted by atomic mass is 127. The van der Waals surface area contributed by atoms with Crippen LogP contribution in [-0.2, 0) is 0 Å². The molecule has 0 aromatic carbocycles. The maximum Gasteiger partial charge on any atom is 0.226 e. The zero-order valence-electron chi connectivity index (χ0n) is 8.67. The van der Waals surface area contributed by atoms with Gasteiger partial charge in [-0.3, -0.25) is 0 Å². The Morgan fingerprint density at radius 2 is 1.86 bits per heavy atom. The summed E-state index contributed by atoms with van der Waals surface area (Å²) in [5, 5.41) is 0.535. The summed E-state index contributed by atoms with van der Waals surface area (Å²) in [6, 6.07) is 0. The molecule has 0 N–H and O–H groups in total. The van der Waals surface area contributed by atoms with E-state index in [-0.39, 0.29) is 0 Å². The van der Waals surface area contributed by atoms with Gasteiger partial charge in [-0.05, 0) is 28.5 Å². The van der Waals surface area contributed by atoms with Crippen molar-refractivity contribution in [3.63, 3.8) is 0 Å². The molecule has 1 aromatic rings. The van der Waals surface area contributed by atoms with E-state index >= 15 is 0 Å². The molecular formula is C9H13ClIN3. The summed E-state index contributed by atoms with van der Waals surface area (Å²) in [5.41, 5.74) is 1.01. The van der Waals surface area contributed by atoms with Crippen LogP contribution in [-0.4, -0.2) is 24.1 Å². The summed E-state index contributed by atoms with van der Waals surface area (Å²) < 4.78 is 0.949. The molecule has 5 heteroatoms. The molecule has 0 atom stereocenters. The van der Waals surface area contributed by atoms with Crippen molar-refractivity contribution in [3.05, 3.63) is 14.4 Å². The van der Waals surface area contributed by atoms with Gasteiger partial charge >= 0.3 is 0 Å². The largest absolute Gasteiger partial charge is 0.347 e. The minimum atomic E-state index is 0.362. The zero-order chi connectivity index (χ0) is 10.9. The Morgan fingerprint density at radius 3 is 2.29 bits per heavy atom. The summed E-state index contributed by atoms with van der Waals surface area (Å²) in [7, 11) is 3.81. The van der Waals surface area contributed by atoms with Crippen molar-refractivity contribution in [2.45, 2.75) is 19.8 Å². The number of rotatable bonds is 2. The predicted octanol–water partition coefficient (Wildman–Crippen LogP) is 2.92. The molecule has 0 saturated carbocycles. The first-order valence-electron chi connectivity index (χ1n) is 4.33. The Balaban J connectivity index is 3.28. The number of halogens is 2. The first kappa shape index (κ1) is 12.0. The van der Waals surface area contributed by atoms with Gasteiger partial charge in [0.15, 0.2) is 0 Å². The van der Waals surface area contributed by atoms with Gasteiger partial charge in [-0.1, -0.05) is 25.4 Å². The standard InChI is InChI=1S/C9H13ClIN3/c1-5(2)7-6(11)8(10)13-9(12-7)14(3)4/h5H,1-4H3. The smallest absolute Gasteiger partial charge is 0.226 e. The molecule has 78 valence electrons. The van der Waals surface area contributed by atoms with Crippen molar-refractivity contribution in [1.29, 1.82) is 0 Å². The van der Waals surface area contributed by atoms with Gasteiger partial charge in [0.2, 0.25) is 5.95 Å². The highest BCUT2D eigenvalue weighted by Crippen LogP contribution is 2.26. The van der Waals surface area contributed by atoms with E-state index in [0.29, 0.717) is 17.0 Å². The second-order valence-electron chi connectivity index (χ2n) is 3.56. The molecule has 0 fully saturated rings. The van der Waals surface area contributed by atoms with Gasteiger partial charge in [-0.25, -0.2) is 4.98 Å². The van der Waals surface area contributed by atoms with Crippen LogP contribution in [0.1, 0.15) is 25.5 Å². The molecular weight excluding hydrogens is 312 g/mol. The molecule has 1 heterocycles. The fourth-order valence-electron chi connectivity index (χ4n) is 1.01. The zero-order valence-corrected chi connectivity index (χ0v) is 11.6. The molecule has 0 aliphatic heterocycles. The molecule has 0 aliphatic carbocycles. The molecule has 1 aromatic heterocycles. The third-order valence-corrected chi connectivity index (χ3v) is 3.43. The van der Waals surface area contributed by atoms with E-state index in [1.807, 2.05) is 19.0 Å². The summed E-state index contributed by atoms with van der Waals surface area (Å²) in [6.45, 7) is 4.19. The van der Waals surface area contributed by atoms with Crippen molar-refractivity contribution in [2.75, 3.05) is 19.0 Å². The molecule has 0 aliphatic rings. The quantitative estimate of drug-likeness (QED) is 0.618. The Kier molecular flexibility index (Phi) is 3.94. The van der Waals surface area contributed by atoms with Crippen LogP contribution in [0.3, 0.4) is 0 Å². The van der Waals surface area contributed by atoms with Crippen LogP contribution in [0.25, 0.3) is 0 Å². The Hall–Kier alpha value is -0.100. The van der Waals surface area contributed by atoms with Crippen LogP contribution < -0.4 is 4.90 Å². The second kappa shape index (κ2) is 4.61. The van der Waals surface area contributed by atoms with Crippen molar-refractivity contribution >= 4 is 40.1 Å². The van der Waals surface area contributed by atoms with E-state index in [4.69, 9.17) is 11.6 Å². The van der Waals surface area contributed by atoms with E-state index in [1.165, 1.54) is 0 Å². The number of aromatic nitrogens is 2. The van der Waals surface area contributed by atoms with Crippen molar-refractivity contribution in [2.24, 2.45) is 0 Å².